The molecule has 0 N–H and O–H groups in total. The van der Waals surface area contributed by atoms with Gasteiger partial charge in [0.05, 0.1) is 0 Å². The molecule has 0 saturated heterocycles. The maximum absolute atomic E-state index is 5.61. The first-order chi connectivity index (χ1) is 3.42. The van der Waals surface area contributed by atoms with Gasteiger partial charge in [0.15, 0.2) is 0 Å². The molecule has 0 fully saturated rings. The topological polar surface area (TPSA) is 0 Å². The maximum atomic E-state index is 5.61. The molecule has 3 heteroatoms. The Kier molecular flexibility index (Phi) is 3.49. The first-order valence-electron chi connectivity index (χ1n) is 2.44. The van der Waals surface area contributed by atoms with E-state index in [0.29, 0.717) is 6.42 Å². The Labute approximate surface area is 65.1 Å². The lowest BCUT2D eigenvalue weighted by atomic mass is 10.2. The van der Waals surface area contributed by atoms with Crippen LogP contribution in [0.1, 0.15) is 20.3 Å². The molecule has 0 aliphatic carbocycles. The van der Waals surface area contributed by atoms with Crippen LogP contribution in [0.4, 0.5) is 0 Å². The molecule has 0 spiro atoms. The van der Waals surface area contributed by atoms with Crippen LogP contribution in [0.25, 0.3) is 0 Å². The zero-order valence-corrected chi connectivity index (χ0v) is 7.19. The number of halogens is 3. The van der Waals surface area contributed by atoms with Gasteiger partial charge in [-0.05, 0) is 20.3 Å². The summed E-state index contributed by atoms with van der Waals surface area (Å²) < 4.78 is -0.666. The highest BCUT2D eigenvalue weighted by Gasteiger charge is 2.18. The van der Waals surface area contributed by atoms with E-state index in [1.54, 1.807) is 6.92 Å². The zero-order chi connectivity index (χ0) is 6.78. The second-order valence-corrected chi connectivity index (χ2v) is 4.66. The van der Waals surface area contributed by atoms with Crippen molar-refractivity contribution < 1.29 is 0 Å². The van der Waals surface area contributed by atoms with Crippen molar-refractivity contribution in [3.8, 4) is 0 Å². The van der Waals surface area contributed by atoms with Gasteiger partial charge in [-0.25, -0.2) is 0 Å². The van der Waals surface area contributed by atoms with Gasteiger partial charge in [0.2, 0.25) is 0 Å². The van der Waals surface area contributed by atoms with Crippen LogP contribution < -0.4 is 0 Å². The van der Waals surface area contributed by atoms with Gasteiger partial charge in [-0.2, -0.15) is 0 Å². The molecule has 0 heterocycles. The van der Waals surface area contributed by atoms with Crippen molar-refractivity contribution >= 4 is 34.8 Å². The molecule has 8 heavy (non-hydrogen) atoms. The Morgan fingerprint density at radius 3 is 1.88 bits per heavy atom. The zero-order valence-electron chi connectivity index (χ0n) is 4.92. The Hall–Kier alpha value is 0.870. The fraction of sp³-hybridized carbons (Fsp3) is 1.00. The summed E-state index contributed by atoms with van der Waals surface area (Å²) in [5.74, 6) is 0. The molecule has 0 amide bonds. The highest BCUT2D eigenvalue weighted by atomic mass is 35.5. The highest BCUT2D eigenvalue weighted by Crippen LogP contribution is 2.27. The average molecular weight is 175 g/mol. The summed E-state index contributed by atoms with van der Waals surface area (Å²) in [6.07, 6.45) is 0.623. The van der Waals surface area contributed by atoms with E-state index in [4.69, 9.17) is 34.8 Å². The molecule has 0 aromatic rings. The van der Waals surface area contributed by atoms with Gasteiger partial charge in [0, 0.05) is 5.38 Å². The molecule has 1 atom stereocenters. The number of hydrogen-bond acceptors (Lipinski definition) is 0. The van der Waals surface area contributed by atoms with E-state index >= 15 is 0 Å². The van der Waals surface area contributed by atoms with Crippen molar-refractivity contribution in [2.75, 3.05) is 0 Å². The van der Waals surface area contributed by atoms with Gasteiger partial charge in [0.25, 0.3) is 0 Å². The van der Waals surface area contributed by atoms with Crippen molar-refractivity contribution in [2.24, 2.45) is 0 Å². The number of rotatable bonds is 2. The lowest BCUT2D eigenvalue weighted by molar-refractivity contribution is 0.735. The van der Waals surface area contributed by atoms with Crippen molar-refractivity contribution in [3.63, 3.8) is 0 Å². The molecule has 0 aromatic carbocycles. The molecule has 0 aliphatic rings. The van der Waals surface area contributed by atoms with Crippen molar-refractivity contribution in [1.82, 2.24) is 0 Å². The number of hydrogen-bond donors (Lipinski definition) is 0. The second-order valence-electron chi connectivity index (χ2n) is 2.06. The fourth-order valence-corrected chi connectivity index (χ4v) is 1.42. The summed E-state index contributed by atoms with van der Waals surface area (Å²) in [5.41, 5.74) is 0. The molecule has 0 aliphatic heterocycles. The summed E-state index contributed by atoms with van der Waals surface area (Å²) in [5, 5.41) is 0.0509. The summed E-state index contributed by atoms with van der Waals surface area (Å²) in [6, 6.07) is 0. The third kappa shape index (κ3) is 6.87. The Balaban J connectivity index is 3.39. The van der Waals surface area contributed by atoms with Crippen LogP contribution in [-0.2, 0) is 0 Å². The van der Waals surface area contributed by atoms with E-state index in [0.717, 1.165) is 0 Å². The minimum Gasteiger partial charge on any atom is -0.123 e. The largest absolute Gasteiger partial charge is 0.123 e. The molecule has 0 radical (unpaired) electrons. The third-order valence-electron chi connectivity index (χ3n) is 0.640. The molecule has 50 valence electrons. The molecule has 0 rings (SSSR count). The normalized spacial score (nSPS) is 16.1. The van der Waals surface area contributed by atoms with Gasteiger partial charge in [-0.15, -0.1) is 34.8 Å². The fourth-order valence-electron chi connectivity index (χ4n) is 0.494. The van der Waals surface area contributed by atoms with E-state index in [-0.39, 0.29) is 5.38 Å². The Bertz CT molecular complexity index is 62.6. The molecule has 0 nitrogen and oxygen atoms in total. The van der Waals surface area contributed by atoms with Crippen molar-refractivity contribution in [3.05, 3.63) is 0 Å². The van der Waals surface area contributed by atoms with E-state index in [9.17, 15) is 0 Å². The monoisotopic (exact) mass is 174 g/mol. The van der Waals surface area contributed by atoms with Gasteiger partial charge in [-0.1, -0.05) is 0 Å². The number of alkyl halides is 3. The van der Waals surface area contributed by atoms with Crippen LogP contribution >= 0.6 is 34.8 Å². The summed E-state index contributed by atoms with van der Waals surface area (Å²) in [6.45, 7) is 3.60. The maximum Gasteiger partial charge on any atom is 0.117 e. The first kappa shape index (κ1) is 8.87. The molecule has 0 saturated carbocycles. The average Bonchev–Trinajstić information content (AvgIpc) is 1.21. The lowest BCUT2D eigenvalue weighted by Crippen LogP contribution is -2.11. The quantitative estimate of drug-likeness (QED) is 0.566. The van der Waals surface area contributed by atoms with Gasteiger partial charge >= 0.3 is 0 Å². The third-order valence-corrected chi connectivity index (χ3v) is 1.10. The van der Waals surface area contributed by atoms with Crippen LogP contribution in [0.15, 0.2) is 0 Å². The standard InChI is InChI=1S/C5H9Cl3/c1-4(6)3-5(2,7)8/h4H,3H2,1-2H3. The van der Waals surface area contributed by atoms with Crippen LogP contribution in [0, 0.1) is 0 Å². The van der Waals surface area contributed by atoms with E-state index < -0.39 is 4.33 Å². The molecular formula is C5H9Cl3. The van der Waals surface area contributed by atoms with E-state index in [1.807, 2.05) is 6.92 Å². The lowest BCUT2D eigenvalue weighted by Gasteiger charge is -2.13. The smallest absolute Gasteiger partial charge is 0.117 e. The van der Waals surface area contributed by atoms with Crippen molar-refractivity contribution in [1.29, 1.82) is 0 Å². The second kappa shape index (κ2) is 3.14. The van der Waals surface area contributed by atoms with Crippen LogP contribution in [-0.4, -0.2) is 9.71 Å². The SMILES string of the molecule is CC(Cl)CC(C)(Cl)Cl. The van der Waals surface area contributed by atoms with Crippen LogP contribution in [0.2, 0.25) is 0 Å². The molecule has 0 bridgehead atoms. The van der Waals surface area contributed by atoms with Gasteiger partial charge in [-0.3, -0.25) is 0 Å². The van der Waals surface area contributed by atoms with Crippen LogP contribution in [0.3, 0.4) is 0 Å². The minimum atomic E-state index is -0.666. The predicted octanol–water partition coefficient (Wildman–Crippen LogP) is 3.20. The van der Waals surface area contributed by atoms with Gasteiger partial charge in [0.1, 0.15) is 4.33 Å². The van der Waals surface area contributed by atoms with Crippen LogP contribution in [0.5, 0.6) is 0 Å². The minimum absolute atomic E-state index is 0.0509. The molecule has 1 unspecified atom stereocenters. The summed E-state index contributed by atoms with van der Waals surface area (Å²) in [4.78, 5) is 0. The van der Waals surface area contributed by atoms with E-state index in [2.05, 4.69) is 0 Å². The first-order valence-corrected chi connectivity index (χ1v) is 3.63. The Morgan fingerprint density at radius 1 is 1.50 bits per heavy atom. The summed E-state index contributed by atoms with van der Waals surface area (Å²) >= 11 is 16.8. The predicted molar refractivity (Wildman–Crippen MR) is 40.0 cm³/mol. The van der Waals surface area contributed by atoms with Crippen molar-refractivity contribution in [2.45, 2.75) is 30.0 Å². The molecule has 0 aromatic heterocycles. The summed E-state index contributed by atoms with van der Waals surface area (Å²) in [7, 11) is 0. The Morgan fingerprint density at radius 2 is 1.88 bits per heavy atom. The van der Waals surface area contributed by atoms with Gasteiger partial charge < -0.3 is 0 Å². The highest BCUT2D eigenvalue weighted by molar-refractivity contribution is 6.48. The van der Waals surface area contributed by atoms with E-state index in [1.165, 1.54) is 0 Å². The molecular weight excluding hydrogens is 166 g/mol.